The molecule has 0 aliphatic rings. The average Bonchev–Trinajstić information content (AvgIpc) is 3.84. The molecule has 12 aromatic rings. The molecule has 0 aliphatic carbocycles. The Morgan fingerprint density at radius 3 is 1.84 bits per heavy atom. The van der Waals surface area contributed by atoms with E-state index in [1.807, 2.05) is 6.07 Å². The number of aromatic nitrogens is 1. The van der Waals surface area contributed by atoms with Crippen LogP contribution in [0, 0.1) is 0 Å². The van der Waals surface area contributed by atoms with E-state index in [9.17, 15) is 0 Å². The van der Waals surface area contributed by atoms with Crippen LogP contribution in [0.5, 0.6) is 0 Å². The predicted molar refractivity (Wildman–Crippen MR) is 241 cm³/mol. The van der Waals surface area contributed by atoms with Crippen molar-refractivity contribution in [2.45, 2.75) is 0 Å². The van der Waals surface area contributed by atoms with Crippen molar-refractivity contribution in [1.29, 1.82) is 0 Å². The van der Waals surface area contributed by atoms with Crippen molar-refractivity contribution >= 4 is 93.1 Å². The highest BCUT2D eigenvalue weighted by atomic mass is 16.3. The zero-order valence-electron chi connectivity index (χ0n) is 30.9. The molecule has 3 nitrogen and oxygen atoms in total. The van der Waals surface area contributed by atoms with E-state index < -0.39 is 0 Å². The van der Waals surface area contributed by atoms with Gasteiger partial charge in [0.1, 0.15) is 11.2 Å². The Balaban J connectivity index is 1.08. The van der Waals surface area contributed by atoms with Crippen molar-refractivity contribution in [3.8, 4) is 16.8 Å². The molecule has 266 valence electrons. The third-order valence-corrected chi connectivity index (χ3v) is 11.7. The number of rotatable bonds is 5. The molecule has 0 spiro atoms. The van der Waals surface area contributed by atoms with Gasteiger partial charge in [0.05, 0.1) is 27.8 Å². The topological polar surface area (TPSA) is 21.3 Å². The fourth-order valence-electron chi connectivity index (χ4n) is 9.13. The zero-order chi connectivity index (χ0) is 37.5. The van der Waals surface area contributed by atoms with Crippen molar-refractivity contribution in [2.75, 3.05) is 4.90 Å². The van der Waals surface area contributed by atoms with Gasteiger partial charge >= 0.3 is 0 Å². The minimum atomic E-state index is 0.884. The summed E-state index contributed by atoms with van der Waals surface area (Å²) < 4.78 is 9.12. The second-order valence-corrected chi connectivity index (χ2v) is 14.9. The summed E-state index contributed by atoms with van der Waals surface area (Å²) in [6, 6.07) is 74.5. The summed E-state index contributed by atoms with van der Waals surface area (Å²) in [6.45, 7) is 0. The third-order valence-electron chi connectivity index (χ3n) is 11.7. The first kappa shape index (κ1) is 31.7. The van der Waals surface area contributed by atoms with Gasteiger partial charge in [0.2, 0.25) is 0 Å². The van der Waals surface area contributed by atoms with E-state index in [2.05, 4.69) is 210 Å². The van der Waals surface area contributed by atoms with E-state index in [1.54, 1.807) is 0 Å². The molecule has 2 heterocycles. The van der Waals surface area contributed by atoms with E-state index in [0.717, 1.165) is 61.0 Å². The molecule has 0 N–H and O–H groups in total. The van der Waals surface area contributed by atoms with E-state index in [1.165, 1.54) is 48.9 Å². The molecule has 12 rings (SSSR count). The van der Waals surface area contributed by atoms with Gasteiger partial charge in [-0.2, -0.15) is 0 Å². The third kappa shape index (κ3) is 4.86. The van der Waals surface area contributed by atoms with Crippen molar-refractivity contribution in [2.24, 2.45) is 0 Å². The number of hydrogen-bond acceptors (Lipinski definition) is 2. The fourth-order valence-corrected chi connectivity index (χ4v) is 9.13. The van der Waals surface area contributed by atoms with Gasteiger partial charge < -0.3 is 13.9 Å². The molecule has 0 fully saturated rings. The van der Waals surface area contributed by atoms with Crippen LogP contribution in [-0.4, -0.2) is 4.57 Å². The van der Waals surface area contributed by atoms with Crippen molar-refractivity contribution in [1.82, 2.24) is 4.57 Å². The Hall–Kier alpha value is -7.62. The molecule has 0 saturated heterocycles. The number of hydrogen-bond donors (Lipinski definition) is 0. The van der Waals surface area contributed by atoms with Gasteiger partial charge in [-0.15, -0.1) is 0 Å². The second kappa shape index (κ2) is 12.5. The predicted octanol–water partition coefficient (Wildman–Crippen LogP) is 15.3. The highest BCUT2D eigenvalue weighted by Crippen LogP contribution is 2.48. The molecule has 0 bridgehead atoms. The molecule has 0 radical (unpaired) electrons. The number of fused-ring (bicyclic) bond motifs is 11. The maximum absolute atomic E-state index is 6.69. The first-order chi connectivity index (χ1) is 28.3. The van der Waals surface area contributed by atoms with Crippen molar-refractivity contribution < 1.29 is 4.42 Å². The lowest BCUT2D eigenvalue weighted by Gasteiger charge is -2.28. The quantitative estimate of drug-likeness (QED) is 0.176. The number of furan rings is 1. The Morgan fingerprint density at radius 2 is 1.02 bits per heavy atom. The van der Waals surface area contributed by atoms with Crippen molar-refractivity contribution in [3.63, 3.8) is 0 Å². The Labute approximate surface area is 328 Å². The molecular formula is C54H34N2O. The van der Waals surface area contributed by atoms with Crippen LogP contribution >= 0.6 is 0 Å². The summed E-state index contributed by atoms with van der Waals surface area (Å²) in [5.41, 5.74) is 11.0. The normalized spacial score (nSPS) is 11.9. The lowest BCUT2D eigenvalue weighted by atomic mass is 9.99. The first-order valence-electron chi connectivity index (χ1n) is 19.5. The molecule has 0 saturated carbocycles. The lowest BCUT2D eigenvalue weighted by molar-refractivity contribution is 0.672. The Morgan fingerprint density at radius 1 is 0.386 bits per heavy atom. The van der Waals surface area contributed by atoms with E-state index in [4.69, 9.17) is 4.42 Å². The molecule has 0 unspecified atom stereocenters. The minimum absolute atomic E-state index is 0.884. The molecular weight excluding hydrogens is 693 g/mol. The van der Waals surface area contributed by atoms with Gasteiger partial charge in [0, 0.05) is 43.7 Å². The highest BCUT2D eigenvalue weighted by molar-refractivity contribution is 6.23. The fraction of sp³-hybridized carbons (Fsp3) is 0. The van der Waals surface area contributed by atoms with Gasteiger partial charge in [-0.3, -0.25) is 0 Å². The van der Waals surface area contributed by atoms with Crippen LogP contribution in [0.15, 0.2) is 211 Å². The van der Waals surface area contributed by atoms with Crippen LogP contribution in [0.25, 0.3) is 92.9 Å². The second-order valence-electron chi connectivity index (χ2n) is 14.9. The lowest BCUT2D eigenvalue weighted by Crippen LogP contribution is -2.11. The summed E-state index contributed by atoms with van der Waals surface area (Å²) in [7, 11) is 0. The summed E-state index contributed by atoms with van der Waals surface area (Å²) in [5.74, 6) is 0. The number of benzene rings is 10. The largest absolute Gasteiger partial charge is 0.455 e. The molecule has 10 aromatic carbocycles. The smallest absolute Gasteiger partial charge is 0.145 e. The molecule has 2 aromatic heterocycles. The number of anilines is 3. The summed E-state index contributed by atoms with van der Waals surface area (Å²) in [5, 5.41) is 11.8. The minimum Gasteiger partial charge on any atom is -0.455 e. The van der Waals surface area contributed by atoms with Gasteiger partial charge in [-0.05, 0) is 75.8 Å². The summed E-state index contributed by atoms with van der Waals surface area (Å²) in [6.07, 6.45) is 0. The van der Waals surface area contributed by atoms with Crippen LogP contribution in [0.2, 0.25) is 0 Å². The van der Waals surface area contributed by atoms with Crippen LogP contribution < -0.4 is 4.90 Å². The Kier molecular flexibility index (Phi) is 6.93. The summed E-state index contributed by atoms with van der Waals surface area (Å²) >= 11 is 0. The van der Waals surface area contributed by atoms with Gasteiger partial charge in [0.25, 0.3) is 0 Å². The molecule has 0 aliphatic heterocycles. The van der Waals surface area contributed by atoms with E-state index in [0.29, 0.717) is 0 Å². The van der Waals surface area contributed by atoms with Gasteiger partial charge in [0.15, 0.2) is 0 Å². The van der Waals surface area contributed by atoms with Gasteiger partial charge in [-0.25, -0.2) is 0 Å². The maximum Gasteiger partial charge on any atom is 0.145 e. The molecule has 0 atom stereocenters. The zero-order valence-corrected chi connectivity index (χ0v) is 30.9. The van der Waals surface area contributed by atoms with Crippen molar-refractivity contribution in [3.05, 3.63) is 206 Å². The van der Waals surface area contributed by atoms with Gasteiger partial charge in [-0.1, -0.05) is 158 Å². The van der Waals surface area contributed by atoms with Crippen LogP contribution in [0.3, 0.4) is 0 Å². The SMILES string of the molecule is c1ccc(-n2c3cc(-c4ccc(N(c5cccc6ccccc56)c5cc6ccccc6c6oc7ccccc7c56)cc4)ccc3c3ccc4ccccc4c32)cc1. The monoisotopic (exact) mass is 726 g/mol. The maximum atomic E-state index is 6.69. The van der Waals surface area contributed by atoms with Crippen LogP contribution in [0.4, 0.5) is 17.1 Å². The van der Waals surface area contributed by atoms with Crippen LogP contribution in [0.1, 0.15) is 0 Å². The first-order valence-corrected chi connectivity index (χ1v) is 19.5. The number of para-hydroxylation sites is 2. The molecule has 3 heteroatoms. The standard InChI is InChI=1S/C54H34N2O/c1-2-17-40(18-3-1)56-49-33-38(28-31-45(49)46-32-27-37-14-5-8-20-43(37)53(46)56)35-25-29-41(30-26-35)55(48-23-12-16-36-13-4-7-19-42(36)48)50-34-39-15-6-9-21-44(39)54-52(50)47-22-10-11-24-51(47)57-54/h1-34H. The molecule has 0 amide bonds. The van der Waals surface area contributed by atoms with Crippen LogP contribution in [-0.2, 0) is 0 Å². The molecule has 57 heavy (non-hydrogen) atoms. The van der Waals surface area contributed by atoms with E-state index in [-0.39, 0.29) is 0 Å². The number of nitrogens with zero attached hydrogens (tertiary/aromatic N) is 2. The highest BCUT2D eigenvalue weighted by Gasteiger charge is 2.23. The average molecular weight is 727 g/mol. The summed E-state index contributed by atoms with van der Waals surface area (Å²) in [4.78, 5) is 2.42. The Bertz CT molecular complexity index is 3520. The van der Waals surface area contributed by atoms with E-state index >= 15 is 0 Å².